The van der Waals surface area contributed by atoms with E-state index < -0.39 is 31.8 Å². The maximum absolute atomic E-state index is 12.6. The number of aryl methyl sites for hydroxylation is 1. The molecule has 2 aromatic carbocycles. The Morgan fingerprint density at radius 1 is 1.19 bits per heavy atom. The smallest absolute Gasteiger partial charge is 0.271 e. The maximum atomic E-state index is 12.6. The average Bonchev–Trinajstić information content (AvgIpc) is 3.24. The number of rotatable bonds is 5. The lowest BCUT2D eigenvalue weighted by molar-refractivity contribution is 0.0952. The second-order valence-corrected chi connectivity index (χ2v) is 12.2. The molecule has 2 heterocycles. The highest BCUT2D eigenvalue weighted by molar-refractivity contribution is 7.92. The molecule has 1 unspecified atom stereocenters. The van der Waals surface area contributed by atoms with E-state index in [0.717, 1.165) is 10.2 Å². The monoisotopic (exact) mass is 480 g/mol. The van der Waals surface area contributed by atoms with Gasteiger partial charge in [-0.2, -0.15) is 0 Å². The molecule has 0 saturated carbocycles. The number of aromatic nitrogens is 1. The number of nitrogens with zero attached hydrogens (tertiary/aromatic N) is 2. The molecule has 0 radical (unpaired) electrons. The molecular formula is C19H20N4O5S3. The van der Waals surface area contributed by atoms with Crippen molar-refractivity contribution in [2.45, 2.75) is 17.4 Å². The predicted molar refractivity (Wildman–Crippen MR) is 118 cm³/mol. The van der Waals surface area contributed by atoms with Gasteiger partial charge in [0.2, 0.25) is 14.8 Å². The number of carbonyl (C=O) groups excluding carboxylic acids is 1. The molecule has 9 nitrogen and oxygen atoms in total. The maximum Gasteiger partial charge on any atom is 0.271 e. The van der Waals surface area contributed by atoms with E-state index in [1.165, 1.54) is 35.6 Å². The fraction of sp³-hybridized carbons (Fsp3) is 0.263. The van der Waals surface area contributed by atoms with Crippen LogP contribution in [0.25, 0.3) is 10.2 Å². The summed E-state index contributed by atoms with van der Waals surface area (Å²) < 4.78 is 53.7. The van der Waals surface area contributed by atoms with Gasteiger partial charge in [-0.05, 0) is 36.8 Å². The fourth-order valence-electron chi connectivity index (χ4n) is 3.33. The number of carbonyl (C=O) groups is 1. The van der Waals surface area contributed by atoms with Crippen molar-refractivity contribution in [3.63, 3.8) is 0 Å². The molecule has 0 bridgehead atoms. The summed E-state index contributed by atoms with van der Waals surface area (Å²) in [4.78, 5) is 13.0. The zero-order chi connectivity index (χ0) is 22.2. The van der Waals surface area contributed by atoms with Gasteiger partial charge in [0.1, 0.15) is 0 Å². The molecule has 0 aliphatic carbocycles. The third-order valence-corrected chi connectivity index (χ3v) is 9.33. The normalized spacial score (nSPS) is 19.0. The minimum Gasteiger partial charge on any atom is -0.318 e. The van der Waals surface area contributed by atoms with Gasteiger partial charge in [0.05, 0.1) is 26.6 Å². The van der Waals surface area contributed by atoms with E-state index >= 15 is 0 Å². The molecule has 1 aliphatic heterocycles. The molecule has 1 aromatic heterocycles. The molecule has 164 valence electrons. The lowest BCUT2D eigenvalue weighted by Crippen LogP contribution is -2.35. The third-order valence-electron chi connectivity index (χ3n) is 4.93. The summed E-state index contributed by atoms with van der Waals surface area (Å²) in [5, 5.41) is 4.16. The lowest BCUT2D eigenvalue weighted by atomic mass is 10.2. The number of hydrogen-bond donors (Lipinski definition) is 2. The molecule has 31 heavy (non-hydrogen) atoms. The van der Waals surface area contributed by atoms with E-state index in [1.807, 2.05) is 35.9 Å². The quantitative estimate of drug-likeness (QED) is 0.526. The first-order chi connectivity index (χ1) is 14.6. The molecule has 1 amide bonds. The zero-order valence-corrected chi connectivity index (χ0v) is 18.9. The molecule has 1 saturated heterocycles. The first-order valence-electron chi connectivity index (χ1n) is 9.36. The summed E-state index contributed by atoms with van der Waals surface area (Å²) >= 11 is 1.41. The van der Waals surface area contributed by atoms with Gasteiger partial charge < -0.3 is 4.57 Å². The van der Waals surface area contributed by atoms with Gasteiger partial charge in [0, 0.05) is 18.7 Å². The van der Waals surface area contributed by atoms with Gasteiger partial charge in [0.25, 0.3) is 5.91 Å². The number of para-hydroxylation sites is 1. The summed E-state index contributed by atoms with van der Waals surface area (Å²) in [6.45, 7) is 0. The highest BCUT2D eigenvalue weighted by atomic mass is 32.2. The van der Waals surface area contributed by atoms with E-state index in [-0.39, 0.29) is 28.4 Å². The average molecular weight is 481 g/mol. The number of benzene rings is 2. The Morgan fingerprint density at radius 3 is 2.68 bits per heavy atom. The van der Waals surface area contributed by atoms with E-state index in [4.69, 9.17) is 0 Å². The minimum atomic E-state index is -3.97. The van der Waals surface area contributed by atoms with Crippen LogP contribution in [0.2, 0.25) is 0 Å². The second-order valence-electron chi connectivity index (χ2n) is 7.21. The Bertz CT molecular complexity index is 1440. The van der Waals surface area contributed by atoms with Crippen LogP contribution in [0.3, 0.4) is 0 Å². The minimum absolute atomic E-state index is 0.0424. The van der Waals surface area contributed by atoms with Crippen molar-refractivity contribution in [3.05, 3.63) is 58.9 Å². The van der Waals surface area contributed by atoms with Crippen LogP contribution < -0.4 is 14.9 Å². The van der Waals surface area contributed by atoms with Crippen molar-refractivity contribution < 1.29 is 21.6 Å². The molecule has 2 N–H and O–H groups in total. The van der Waals surface area contributed by atoms with Gasteiger partial charge in [0.15, 0.2) is 9.84 Å². The van der Waals surface area contributed by atoms with Crippen molar-refractivity contribution >= 4 is 47.3 Å². The van der Waals surface area contributed by atoms with Gasteiger partial charge in [-0.25, -0.2) is 27.0 Å². The van der Waals surface area contributed by atoms with Gasteiger partial charge >= 0.3 is 0 Å². The van der Waals surface area contributed by atoms with Crippen molar-refractivity contribution in [3.8, 4) is 0 Å². The van der Waals surface area contributed by atoms with Gasteiger partial charge in [-0.1, -0.05) is 29.5 Å². The van der Waals surface area contributed by atoms with Crippen LogP contribution in [0.1, 0.15) is 16.8 Å². The van der Waals surface area contributed by atoms with Crippen molar-refractivity contribution in [2.75, 3.05) is 11.5 Å². The number of sulfone groups is 1. The van der Waals surface area contributed by atoms with E-state index in [1.54, 1.807) is 0 Å². The van der Waals surface area contributed by atoms with Crippen LogP contribution in [-0.2, 0) is 26.9 Å². The second kappa shape index (κ2) is 8.19. The zero-order valence-electron chi connectivity index (χ0n) is 16.5. The molecule has 0 spiro atoms. The highest BCUT2D eigenvalue weighted by Crippen LogP contribution is 2.17. The molecule has 1 fully saturated rings. The first kappa shape index (κ1) is 21.7. The summed E-state index contributed by atoms with van der Waals surface area (Å²) in [7, 11) is -5.35. The van der Waals surface area contributed by atoms with Crippen molar-refractivity contribution in [1.82, 2.24) is 14.7 Å². The number of sulfonamides is 1. The summed E-state index contributed by atoms with van der Waals surface area (Å²) in [5.74, 6) is -0.825. The van der Waals surface area contributed by atoms with Crippen LogP contribution >= 0.6 is 11.3 Å². The number of nitrogens with one attached hydrogen (secondary N) is 2. The van der Waals surface area contributed by atoms with Crippen LogP contribution in [0.15, 0.2) is 58.5 Å². The fourth-order valence-corrected chi connectivity index (χ4v) is 7.41. The van der Waals surface area contributed by atoms with E-state index in [2.05, 4.69) is 15.2 Å². The predicted octanol–water partition coefficient (Wildman–Crippen LogP) is 0.951. The number of fused-ring (bicyclic) bond motifs is 1. The number of amides is 1. The number of hydrogen-bond acceptors (Lipinski definition) is 7. The largest absolute Gasteiger partial charge is 0.318 e. The lowest BCUT2D eigenvalue weighted by Gasteiger charge is -2.12. The summed E-state index contributed by atoms with van der Waals surface area (Å²) in [5.41, 5.74) is 3.56. The Balaban J connectivity index is 1.53. The molecule has 1 atom stereocenters. The highest BCUT2D eigenvalue weighted by Gasteiger charge is 2.31. The third kappa shape index (κ3) is 4.71. The standard InChI is InChI=1S/C19H20N4O5S3/c1-23-16-7-2-3-8-17(16)29-19(23)21-20-18(24)13-5-4-6-15(11-13)31(27,28)22-14-9-10-30(25,26)12-14/h2-8,11,14,22H,9-10,12H2,1H3,(H,20,24)/b21-19+. The summed E-state index contributed by atoms with van der Waals surface area (Å²) in [6.07, 6.45) is 0.229. The Hall–Kier alpha value is -2.54. The Kier molecular flexibility index (Phi) is 5.73. The van der Waals surface area contributed by atoms with Crippen molar-refractivity contribution in [2.24, 2.45) is 12.1 Å². The van der Waals surface area contributed by atoms with Crippen LogP contribution in [0.5, 0.6) is 0 Å². The number of thiazole rings is 1. The van der Waals surface area contributed by atoms with Gasteiger partial charge in [-0.3, -0.25) is 4.79 Å². The summed E-state index contributed by atoms with van der Waals surface area (Å²) in [6, 6.07) is 12.6. The van der Waals surface area contributed by atoms with Gasteiger partial charge in [-0.15, -0.1) is 5.10 Å². The van der Waals surface area contributed by atoms with E-state index in [0.29, 0.717) is 4.80 Å². The van der Waals surface area contributed by atoms with E-state index in [9.17, 15) is 21.6 Å². The Labute approximate surface area is 183 Å². The molecule has 3 aromatic rings. The SMILES string of the molecule is Cn1/c(=N\NC(=O)c2cccc(S(=O)(=O)NC3CCS(=O)(=O)C3)c2)sc2ccccc21. The topological polar surface area (TPSA) is 127 Å². The van der Waals surface area contributed by atoms with Crippen LogP contribution in [0.4, 0.5) is 0 Å². The van der Waals surface area contributed by atoms with Crippen LogP contribution in [-0.4, -0.2) is 44.9 Å². The molecule has 1 aliphatic rings. The Morgan fingerprint density at radius 2 is 1.97 bits per heavy atom. The van der Waals surface area contributed by atoms with Crippen molar-refractivity contribution in [1.29, 1.82) is 0 Å². The molecular weight excluding hydrogens is 460 g/mol. The first-order valence-corrected chi connectivity index (χ1v) is 13.5. The van der Waals surface area contributed by atoms with Crippen LogP contribution in [0, 0.1) is 0 Å². The molecule has 4 rings (SSSR count). The molecule has 12 heteroatoms.